The van der Waals surface area contributed by atoms with Gasteiger partial charge in [0.25, 0.3) is 11.8 Å². The summed E-state index contributed by atoms with van der Waals surface area (Å²) in [5, 5.41) is 17.6. The fraction of sp³-hybridized carbons (Fsp3) is 0.778. The number of carboxylic acid groups (broad SMARTS) is 1. The summed E-state index contributed by atoms with van der Waals surface area (Å²) in [5.74, 6) is -7.18. The number of carboxylic acids is 1. The van der Waals surface area contributed by atoms with E-state index in [1.807, 2.05) is 0 Å². The lowest BCUT2D eigenvalue weighted by atomic mass is 9.95. The van der Waals surface area contributed by atoms with Gasteiger partial charge < -0.3 is 26.8 Å². The molecule has 0 saturated carbocycles. The molecule has 12 nitrogen and oxygen atoms in total. The van der Waals surface area contributed by atoms with E-state index in [2.05, 4.69) is 16.0 Å². The number of amides is 4. The van der Waals surface area contributed by atoms with Crippen molar-refractivity contribution < 1.29 is 33.9 Å². The molecule has 0 bridgehead atoms. The zero-order chi connectivity index (χ0) is 30.2. The van der Waals surface area contributed by atoms with Crippen molar-refractivity contribution in [2.75, 3.05) is 6.54 Å². The monoisotopic (exact) mass is 553 g/mol. The van der Waals surface area contributed by atoms with E-state index in [1.54, 1.807) is 55.4 Å². The van der Waals surface area contributed by atoms with Crippen LogP contribution in [0.4, 0.5) is 0 Å². The van der Waals surface area contributed by atoms with Crippen molar-refractivity contribution in [3.63, 3.8) is 0 Å². The molecule has 5 atom stereocenters. The summed E-state index contributed by atoms with van der Waals surface area (Å²) in [6, 6.07) is -5.76. The SMILES string of the molecule is CC(C)C[C@H](C(=O)N[C@H](C(=O)O)C(C)C)N(C(=O)C(=O)C1CCCN1)C(=O)[C@@H](NC(=O)[C@@H](N)C(C)C)C(C)C. The molecular weight excluding hydrogens is 506 g/mol. The Balaban J connectivity index is 3.60. The first-order chi connectivity index (χ1) is 18.0. The van der Waals surface area contributed by atoms with Gasteiger partial charge in [0.15, 0.2) is 0 Å². The number of nitrogens with one attached hydrogen (secondary N) is 3. The summed E-state index contributed by atoms with van der Waals surface area (Å²) in [6.45, 7) is 14.1. The molecule has 1 aliphatic heterocycles. The minimum absolute atomic E-state index is 0.0244. The van der Waals surface area contributed by atoms with Gasteiger partial charge in [0.1, 0.15) is 18.1 Å². The summed E-state index contributed by atoms with van der Waals surface area (Å²) in [4.78, 5) is 79.7. The Morgan fingerprint density at radius 2 is 1.41 bits per heavy atom. The summed E-state index contributed by atoms with van der Waals surface area (Å²) in [7, 11) is 0. The van der Waals surface area contributed by atoms with Crippen molar-refractivity contribution in [2.24, 2.45) is 29.4 Å². The number of rotatable bonds is 14. The molecule has 1 saturated heterocycles. The van der Waals surface area contributed by atoms with Gasteiger partial charge >= 0.3 is 5.97 Å². The van der Waals surface area contributed by atoms with E-state index in [1.165, 1.54) is 0 Å². The highest BCUT2D eigenvalue weighted by Gasteiger charge is 2.45. The standard InChI is InChI=1S/C27H47N5O7/c1-13(2)12-18(23(34)31-21(16(7)8)27(38)39)32(26(37)22(33)17-10-9-11-29-17)25(36)20(15(5)6)30-24(35)19(28)14(3)4/h13-21,29H,9-12,28H2,1-8H3,(H,30,35)(H,31,34)(H,38,39)/t17?,18-,19+,20+,21+/m1/s1. The van der Waals surface area contributed by atoms with Crippen molar-refractivity contribution in [1.82, 2.24) is 20.9 Å². The van der Waals surface area contributed by atoms with Crippen LogP contribution in [0.3, 0.4) is 0 Å². The van der Waals surface area contributed by atoms with Crippen molar-refractivity contribution in [3.05, 3.63) is 0 Å². The average molecular weight is 554 g/mol. The van der Waals surface area contributed by atoms with E-state index in [-0.39, 0.29) is 18.3 Å². The van der Waals surface area contributed by atoms with Gasteiger partial charge in [-0.15, -0.1) is 0 Å². The van der Waals surface area contributed by atoms with E-state index < -0.39 is 77.4 Å². The van der Waals surface area contributed by atoms with E-state index in [0.29, 0.717) is 24.3 Å². The summed E-state index contributed by atoms with van der Waals surface area (Å²) in [6.07, 6.45) is 1.04. The normalized spacial score (nSPS) is 18.5. The quantitative estimate of drug-likeness (QED) is 0.190. The van der Waals surface area contributed by atoms with Crippen molar-refractivity contribution in [3.8, 4) is 0 Å². The number of Topliss-reactive ketones (excluding diaryl/α,β-unsaturated/α-hetero) is 1. The van der Waals surface area contributed by atoms with Crippen LogP contribution in [-0.4, -0.2) is 82.1 Å². The Labute approximate surface area is 231 Å². The average Bonchev–Trinajstić information content (AvgIpc) is 3.37. The first-order valence-corrected chi connectivity index (χ1v) is 13.7. The highest BCUT2D eigenvalue weighted by molar-refractivity contribution is 6.41. The first-order valence-electron chi connectivity index (χ1n) is 13.7. The van der Waals surface area contributed by atoms with E-state index >= 15 is 0 Å². The molecule has 0 aromatic carbocycles. The lowest BCUT2D eigenvalue weighted by molar-refractivity contribution is -0.160. The molecule has 0 aliphatic carbocycles. The Bertz CT molecular complexity index is 912. The summed E-state index contributed by atoms with van der Waals surface area (Å²) >= 11 is 0. The topological polar surface area (TPSA) is 188 Å². The number of aliphatic carboxylic acids is 1. The Morgan fingerprint density at radius 3 is 1.82 bits per heavy atom. The number of hydrogen-bond donors (Lipinski definition) is 5. The minimum Gasteiger partial charge on any atom is -0.480 e. The van der Waals surface area contributed by atoms with Crippen LogP contribution in [0.15, 0.2) is 0 Å². The van der Waals surface area contributed by atoms with Gasteiger partial charge in [-0.1, -0.05) is 55.4 Å². The van der Waals surface area contributed by atoms with Crippen molar-refractivity contribution >= 4 is 35.4 Å². The Morgan fingerprint density at radius 1 is 0.872 bits per heavy atom. The maximum absolute atomic E-state index is 14.0. The lowest BCUT2D eigenvalue weighted by Crippen LogP contribution is -2.63. The van der Waals surface area contributed by atoms with Crippen molar-refractivity contribution in [1.29, 1.82) is 0 Å². The highest BCUT2D eigenvalue weighted by atomic mass is 16.4. The van der Waals surface area contributed by atoms with E-state index in [9.17, 15) is 33.9 Å². The molecule has 39 heavy (non-hydrogen) atoms. The number of carbonyl (C=O) groups excluding carboxylic acids is 5. The molecule has 0 spiro atoms. The number of hydrogen-bond acceptors (Lipinski definition) is 8. The molecule has 1 unspecified atom stereocenters. The second-order valence-corrected chi connectivity index (χ2v) is 11.7. The number of nitrogens with two attached hydrogens (primary N) is 1. The van der Waals surface area contributed by atoms with Gasteiger partial charge in [0, 0.05) is 0 Å². The molecule has 222 valence electrons. The number of ketones is 1. The molecule has 1 fully saturated rings. The Kier molecular flexibility index (Phi) is 13.2. The predicted octanol–water partition coefficient (Wildman–Crippen LogP) is 0.427. The number of nitrogens with zero attached hydrogens (tertiary/aromatic N) is 1. The Hall–Kier alpha value is -2.86. The van der Waals surface area contributed by atoms with Gasteiger partial charge in [-0.3, -0.25) is 28.9 Å². The molecule has 0 aromatic rings. The summed E-state index contributed by atoms with van der Waals surface area (Å²) < 4.78 is 0. The second-order valence-electron chi connectivity index (χ2n) is 11.7. The predicted molar refractivity (Wildman–Crippen MR) is 145 cm³/mol. The van der Waals surface area contributed by atoms with Crippen molar-refractivity contribution in [2.45, 2.75) is 105 Å². The molecule has 6 N–H and O–H groups in total. The molecule has 0 radical (unpaired) electrons. The number of carbonyl (C=O) groups is 6. The third kappa shape index (κ3) is 9.38. The van der Waals surface area contributed by atoms with Crippen LogP contribution in [0.5, 0.6) is 0 Å². The van der Waals surface area contributed by atoms with E-state index in [4.69, 9.17) is 5.73 Å². The third-order valence-electron chi connectivity index (χ3n) is 6.83. The molecular formula is C27H47N5O7. The molecule has 0 aromatic heterocycles. The van der Waals surface area contributed by atoms with Gasteiger partial charge in [0.2, 0.25) is 17.6 Å². The van der Waals surface area contributed by atoms with Crippen LogP contribution in [0.2, 0.25) is 0 Å². The van der Waals surface area contributed by atoms with Crippen LogP contribution >= 0.6 is 0 Å². The van der Waals surface area contributed by atoms with E-state index in [0.717, 1.165) is 0 Å². The fourth-order valence-corrected chi connectivity index (χ4v) is 4.33. The zero-order valence-electron chi connectivity index (χ0n) is 24.4. The fourth-order valence-electron chi connectivity index (χ4n) is 4.33. The molecule has 1 heterocycles. The summed E-state index contributed by atoms with van der Waals surface area (Å²) in [5.41, 5.74) is 5.97. The smallest absolute Gasteiger partial charge is 0.326 e. The van der Waals surface area contributed by atoms with Crippen LogP contribution < -0.4 is 21.7 Å². The molecule has 12 heteroatoms. The van der Waals surface area contributed by atoms with Gasteiger partial charge in [-0.2, -0.15) is 0 Å². The van der Waals surface area contributed by atoms with Gasteiger partial charge in [-0.25, -0.2) is 4.79 Å². The molecule has 1 rings (SSSR count). The molecule has 1 aliphatic rings. The van der Waals surface area contributed by atoms with Crippen LogP contribution in [-0.2, 0) is 28.8 Å². The number of imide groups is 1. The maximum atomic E-state index is 14.0. The second kappa shape index (κ2) is 15.1. The highest BCUT2D eigenvalue weighted by Crippen LogP contribution is 2.20. The lowest BCUT2D eigenvalue weighted by Gasteiger charge is -2.35. The largest absolute Gasteiger partial charge is 0.480 e. The first kappa shape index (κ1) is 34.2. The molecule has 4 amide bonds. The van der Waals surface area contributed by atoms with Crippen LogP contribution in [0.1, 0.15) is 74.7 Å². The van der Waals surface area contributed by atoms with Crippen LogP contribution in [0, 0.1) is 23.7 Å². The third-order valence-corrected chi connectivity index (χ3v) is 6.83. The van der Waals surface area contributed by atoms with Gasteiger partial charge in [-0.05, 0) is 49.5 Å². The van der Waals surface area contributed by atoms with Crippen LogP contribution in [0.25, 0.3) is 0 Å². The van der Waals surface area contributed by atoms with Gasteiger partial charge in [0.05, 0.1) is 12.1 Å². The maximum Gasteiger partial charge on any atom is 0.326 e. The zero-order valence-corrected chi connectivity index (χ0v) is 24.4. The minimum atomic E-state index is -1.48.